The van der Waals surface area contributed by atoms with Gasteiger partial charge < -0.3 is 14.8 Å². The molecule has 136 valence electrons. The van der Waals surface area contributed by atoms with Crippen LogP contribution >= 0.6 is 0 Å². The molecule has 1 saturated heterocycles. The van der Waals surface area contributed by atoms with Gasteiger partial charge in [0.25, 0.3) is 0 Å². The van der Waals surface area contributed by atoms with E-state index in [4.69, 9.17) is 4.74 Å². The Morgan fingerprint density at radius 2 is 2.19 bits per heavy atom. The Labute approximate surface area is 153 Å². The van der Waals surface area contributed by atoms with Gasteiger partial charge in [-0.1, -0.05) is 29.8 Å². The number of para-hydroxylation sites is 1. The van der Waals surface area contributed by atoms with Gasteiger partial charge in [0.2, 0.25) is 0 Å². The second-order valence-electron chi connectivity index (χ2n) is 7.03. The van der Waals surface area contributed by atoms with E-state index >= 15 is 0 Å². The summed E-state index contributed by atoms with van der Waals surface area (Å²) < 4.78 is 4.89. The Morgan fingerprint density at radius 3 is 2.92 bits per heavy atom. The number of piperidine rings is 1. The number of carbonyl (C=O) groups is 1. The minimum Gasteiger partial charge on any atom is -0.515 e. The van der Waals surface area contributed by atoms with Crippen LogP contribution in [0.3, 0.4) is 0 Å². The average molecular weight is 352 g/mol. The first-order valence-corrected chi connectivity index (χ1v) is 9.09. The lowest BCUT2D eigenvalue weighted by atomic mass is 9.78. The van der Waals surface area contributed by atoms with E-state index < -0.39 is 5.97 Å². The van der Waals surface area contributed by atoms with Crippen molar-refractivity contribution < 1.29 is 14.6 Å². The van der Waals surface area contributed by atoms with Gasteiger partial charge in [0.1, 0.15) is 0 Å². The summed E-state index contributed by atoms with van der Waals surface area (Å²) in [5.41, 5.74) is 5.30. The van der Waals surface area contributed by atoms with Crippen molar-refractivity contribution >= 4 is 16.9 Å². The van der Waals surface area contributed by atoms with E-state index in [1.165, 1.54) is 29.3 Å². The zero-order valence-electron chi connectivity index (χ0n) is 15.2. The molecule has 4 rings (SSSR count). The van der Waals surface area contributed by atoms with Crippen LogP contribution in [0, 0.1) is 5.92 Å². The van der Waals surface area contributed by atoms with Gasteiger partial charge in [-0.25, -0.2) is 4.79 Å². The predicted molar refractivity (Wildman–Crippen MR) is 101 cm³/mol. The van der Waals surface area contributed by atoms with Gasteiger partial charge in [-0.15, -0.1) is 0 Å². The van der Waals surface area contributed by atoms with E-state index in [9.17, 15) is 9.90 Å². The zero-order chi connectivity index (χ0) is 18.3. The van der Waals surface area contributed by atoms with Crippen molar-refractivity contribution in [2.75, 3.05) is 20.2 Å². The van der Waals surface area contributed by atoms with Crippen LogP contribution < -0.4 is 0 Å². The SMILES string of the molecule is C/C=C1\CN2CCc3c([nH]c4ccccc34)[C@@H]2C[C@@H]1/C(=C/O)C(=O)OC. The van der Waals surface area contributed by atoms with E-state index in [1.807, 2.05) is 13.0 Å². The number of benzene rings is 1. The standard InChI is InChI=1S/C21H24N2O3/c1-3-13-11-23-9-8-15-14-6-4-5-7-18(14)22-20(15)19(23)10-16(13)17(12-24)21(25)26-2/h3-7,12,16,19,22,24H,8-11H2,1-2H3/b13-3+,17-12-/t16-,19-/m0/s1. The molecule has 3 heterocycles. The number of methoxy groups -OCH3 is 1. The maximum atomic E-state index is 12.2. The highest BCUT2D eigenvalue weighted by Crippen LogP contribution is 2.44. The Hall–Kier alpha value is -2.53. The first kappa shape index (κ1) is 16.9. The van der Waals surface area contributed by atoms with Crippen LogP contribution in [0.2, 0.25) is 0 Å². The summed E-state index contributed by atoms with van der Waals surface area (Å²) in [4.78, 5) is 18.2. The maximum Gasteiger partial charge on any atom is 0.337 e. The summed E-state index contributed by atoms with van der Waals surface area (Å²) in [5, 5.41) is 11.0. The number of fused-ring (bicyclic) bond motifs is 5. The quantitative estimate of drug-likeness (QED) is 0.375. The van der Waals surface area contributed by atoms with Crippen LogP contribution in [0.4, 0.5) is 0 Å². The lowest BCUT2D eigenvalue weighted by Gasteiger charge is -2.43. The van der Waals surface area contributed by atoms with Gasteiger partial charge in [-0.05, 0) is 31.4 Å². The number of nitrogens with one attached hydrogen (secondary N) is 1. The van der Waals surface area contributed by atoms with Gasteiger partial charge in [0.05, 0.1) is 25.0 Å². The third kappa shape index (κ3) is 2.54. The van der Waals surface area contributed by atoms with Gasteiger partial charge in [-0.3, -0.25) is 4.90 Å². The predicted octanol–water partition coefficient (Wildman–Crippen LogP) is 3.65. The molecule has 5 heteroatoms. The molecular weight excluding hydrogens is 328 g/mol. The zero-order valence-corrected chi connectivity index (χ0v) is 15.2. The molecule has 2 N–H and O–H groups in total. The van der Waals surface area contributed by atoms with Crippen molar-refractivity contribution in [3.63, 3.8) is 0 Å². The molecule has 0 unspecified atom stereocenters. The number of aromatic amines is 1. The van der Waals surface area contributed by atoms with Gasteiger partial charge in [0, 0.05) is 35.6 Å². The molecule has 1 fully saturated rings. The molecule has 0 spiro atoms. The maximum absolute atomic E-state index is 12.2. The first-order chi connectivity index (χ1) is 12.7. The summed E-state index contributed by atoms with van der Waals surface area (Å²) in [5.74, 6) is -0.589. The molecule has 2 atom stereocenters. The topological polar surface area (TPSA) is 65.6 Å². The van der Waals surface area contributed by atoms with Crippen molar-refractivity contribution in [2.24, 2.45) is 5.92 Å². The largest absolute Gasteiger partial charge is 0.515 e. The first-order valence-electron chi connectivity index (χ1n) is 9.09. The second-order valence-corrected chi connectivity index (χ2v) is 7.03. The number of hydrogen-bond donors (Lipinski definition) is 2. The molecule has 0 amide bonds. The van der Waals surface area contributed by atoms with E-state index in [0.29, 0.717) is 5.57 Å². The smallest absolute Gasteiger partial charge is 0.337 e. The number of nitrogens with zero attached hydrogens (tertiary/aromatic N) is 1. The monoisotopic (exact) mass is 352 g/mol. The molecule has 0 saturated carbocycles. The summed E-state index contributed by atoms with van der Waals surface area (Å²) in [7, 11) is 1.35. The number of aromatic nitrogens is 1. The summed E-state index contributed by atoms with van der Waals surface area (Å²) in [6, 6.07) is 8.62. The van der Waals surface area contributed by atoms with Crippen molar-refractivity contribution in [1.82, 2.24) is 9.88 Å². The van der Waals surface area contributed by atoms with Crippen LogP contribution in [0.5, 0.6) is 0 Å². The summed E-state index contributed by atoms with van der Waals surface area (Å²) in [6.45, 7) is 3.79. The highest BCUT2D eigenvalue weighted by Gasteiger charge is 2.40. The summed E-state index contributed by atoms with van der Waals surface area (Å²) >= 11 is 0. The van der Waals surface area contributed by atoms with Gasteiger partial charge in [-0.2, -0.15) is 0 Å². The summed E-state index contributed by atoms with van der Waals surface area (Å²) in [6.07, 6.45) is 4.76. The number of aliphatic hydroxyl groups is 1. The number of H-pyrrole nitrogens is 1. The Morgan fingerprint density at radius 1 is 1.38 bits per heavy atom. The van der Waals surface area contributed by atoms with Crippen molar-refractivity contribution in [3.8, 4) is 0 Å². The molecule has 26 heavy (non-hydrogen) atoms. The third-order valence-corrected chi connectivity index (χ3v) is 5.87. The Kier molecular flexibility index (Phi) is 4.32. The second kappa shape index (κ2) is 6.65. The van der Waals surface area contributed by atoms with Crippen molar-refractivity contribution in [1.29, 1.82) is 0 Å². The van der Waals surface area contributed by atoms with Crippen LogP contribution in [0.15, 0.2) is 47.7 Å². The van der Waals surface area contributed by atoms with Crippen LogP contribution in [-0.2, 0) is 16.0 Å². The number of hydrogen-bond acceptors (Lipinski definition) is 4. The lowest BCUT2D eigenvalue weighted by Crippen LogP contribution is -2.43. The fraction of sp³-hybridized carbons (Fsp3) is 0.381. The van der Waals surface area contributed by atoms with Crippen LogP contribution in [0.25, 0.3) is 10.9 Å². The van der Waals surface area contributed by atoms with Crippen molar-refractivity contribution in [3.05, 3.63) is 59.0 Å². The normalized spacial score (nSPS) is 25.2. The molecular formula is C21H24N2O3. The van der Waals surface area contributed by atoms with E-state index in [-0.39, 0.29) is 12.0 Å². The number of esters is 1. The number of allylic oxidation sites excluding steroid dienone is 1. The molecule has 1 aromatic heterocycles. The number of carbonyl (C=O) groups excluding carboxylic acids is 1. The van der Waals surface area contributed by atoms with E-state index in [2.05, 4.69) is 34.2 Å². The molecule has 2 aliphatic heterocycles. The van der Waals surface area contributed by atoms with E-state index in [1.54, 1.807) is 0 Å². The Bertz CT molecular complexity index is 909. The van der Waals surface area contributed by atoms with Crippen LogP contribution in [0.1, 0.15) is 30.6 Å². The van der Waals surface area contributed by atoms with Crippen molar-refractivity contribution in [2.45, 2.75) is 25.8 Å². The molecule has 0 radical (unpaired) electrons. The Balaban J connectivity index is 1.75. The minimum atomic E-state index is -0.460. The van der Waals surface area contributed by atoms with Gasteiger partial charge in [0.15, 0.2) is 0 Å². The highest BCUT2D eigenvalue weighted by molar-refractivity contribution is 5.89. The fourth-order valence-corrected chi connectivity index (χ4v) is 4.57. The minimum absolute atomic E-state index is 0.129. The number of aliphatic hydroxyl groups excluding tert-OH is 1. The van der Waals surface area contributed by atoms with Gasteiger partial charge >= 0.3 is 5.97 Å². The molecule has 5 nitrogen and oxygen atoms in total. The average Bonchev–Trinajstić information content (AvgIpc) is 3.07. The fourth-order valence-electron chi connectivity index (χ4n) is 4.57. The molecule has 0 aliphatic carbocycles. The van der Waals surface area contributed by atoms with Crippen LogP contribution in [-0.4, -0.2) is 41.2 Å². The highest BCUT2D eigenvalue weighted by atomic mass is 16.5. The molecule has 2 aromatic rings. The number of rotatable bonds is 2. The lowest BCUT2D eigenvalue weighted by molar-refractivity contribution is -0.136. The number of ether oxygens (including phenoxy) is 1. The molecule has 0 bridgehead atoms. The third-order valence-electron chi connectivity index (χ3n) is 5.87. The molecule has 1 aromatic carbocycles. The van der Waals surface area contributed by atoms with E-state index in [0.717, 1.165) is 37.8 Å². The molecule has 2 aliphatic rings.